The Morgan fingerprint density at radius 1 is 1.38 bits per heavy atom. The molecule has 1 N–H and O–H groups in total. The van der Waals surface area contributed by atoms with Gasteiger partial charge < -0.3 is 10.1 Å². The highest BCUT2D eigenvalue weighted by atomic mass is 16.5. The zero-order valence-electron chi connectivity index (χ0n) is 12.5. The molecule has 0 radical (unpaired) electrons. The number of hydrogen-bond acceptors (Lipinski definition) is 5. The highest BCUT2D eigenvalue weighted by Gasteiger charge is 2.24. The molecule has 0 amide bonds. The molecule has 0 bridgehead atoms. The zero-order chi connectivity index (χ0) is 14.7. The normalized spacial score (nSPS) is 17.0. The predicted octanol–water partition coefficient (Wildman–Crippen LogP) is 1.42. The standard InChI is InChI=1S/C15H21N5O/c1-11(2)8-16-9-15-17-18-19-20(15)10-13-7-12-5-3-4-6-14(12)21-13/h3-6,11,13,16H,7-10H2,1-2H3. The summed E-state index contributed by atoms with van der Waals surface area (Å²) in [6.07, 6.45) is 1.02. The SMILES string of the molecule is CC(C)CNCc1nnnn1CC1Cc2ccccc2O1. The van der Waals surface area contributed by atoms with Gasteiger partial charge in [-0.25, -0.2) is 4.68 Å². The molecule has 1 aromatic carbocycles. The molecule has 0 spiro atoms. The minimum atomic E-state index is 0.106. The molecule has 112 valence electrons. The van der Waals surface area contributed by atoms with E-state index in [2.05, 4.69) is 40.8 Å². The zero-order valence-corrected chi connectivity index (χ0v) is 12.5. The van der Waals surface area contributed by atoms with Crippen LogP contribution in [0.1, 0.15) is 25.2 Å². The Labute approximate surface area is 124 Å². The van der Waals surface area contributed by atoms with Crippen LogP contribution in [0.5, 0.6) is 5.75 Å². The van der Waals surface area contributed by atoms with Gasteiger partial charge in [-0.1, -0.05) is 32.0 Å². The predicted molar refractivity (Wildman–Crippen MR) is 78.9 cm³/mol. The van der Waals surface area contributed by atoms with Crippen molar-refractivity contribution in [1.29, 1.82) is 0 Å². The lowest BCUT2D eigenvalue weighted by atomic mass is 10.1. The number of benzene rings is 1. The van der Waals surface area contributed by atoms with Crippen molar-refractivity contribution in [2.75, 3.05) is 6.54 Å². The molecule has 0 aliphatic carbocycles. The molecule has 1 aliphatic heterocycles. The molecular formula is C15H21N5O. The van der Waals surface area contributed by atoms with Gasteiger partial charge in [0.15, 0.2) is 5.82 Å². The smallest absolute Gasteiger partial charge is 0.165 e. The summed E-state index contributed by atoms with van der Waals surface area (Å²) in [5.74, 6) is 2.45. The van der Waals surface area contributed by atoms with Crippen molar-refractivity contribution in [1.82, 2.24) is 25.5 Å². The van der Waals surface area contributed by atoms with Crippen LogP contribution in [0.15, 0.2) is 24.3 Å². The van der Waals surface area contributed by atoms with Crippen molar-refractivity contribution in [2.24, 2.45) is 5.92 Å². The number of tetrazole rings is 1. The molecule has 6 heteroatoms. The van der Waals surface area contributed by atoms with Crippen molar-refractivity contribution in [3.8, 4) is 5.75 Å². The summed E-state index contributed by atoms with van der Waals surface area (Å²) in [5.41, 5.74) is 1.26. The third kappa shape index (κ3) is 3.39. The summed E-state index contributed by atoms with van der Waals surface area (Å²) < 4.78 is 7.78. The average Bonchev–Trinajstić information content (AvgIpc) is 3.05. The molecule has 6 nitrogen and oxygen atoms in total. The highest BCUT2D eigenvalue weighted by Crippen LogP contribution is 2.28. The van der Waals surface area contributed by atoms with Gasteiger partial charge >= 0.3 is 0 Å². The Kier molecular flexibility index (Phi) is 4.15. The number of para-hydroxylation sites is 1. The fourth-order valence-corrected chi connectivity index (χ4v) is 2.51. The Hall–Kier alpha value is -1.95. The first-order valence-corrected chi connectivity index (χ1v) is 7.42. The highest BCUT2D eigenvalue weighted by molar-refractivity contribution is 5.37. The molecule has 0 saturated heterocycles. The van der Waals surface area contributed by atoms with Crippen molar-refractivity contribution in [3.05, 3.63) is 35.7 Å². The first-order chi connectivity index (χ1) is 10.2. The lowest BCUT2D eigenvalue weighted by Gasteiger charge is -2.12. The number of ether oxygens (including phenoxy) is 1. The second-order valence-electron chi connectivity index (χ2n) is 5.85. The summed E-state index contributed by atoms with van der Waals surface area (Å²) in [6, 6.07) is 8.17. The Morgan fingerprint density at radius 2 is 2.24 bits per heavy atom. The van der Waals surface area contributed by atoms with Gasteiger partial charge in [0.05, 0.1) is 13.1 Å². The van der Waals surface area contributed by atoms with Crippen molar-refractivity contribution in [3.63, 3.8) is 0 Å². The van der Waals surface area contributed by atoms with Crippen molar-refractivity contribution in [2.45, 2.75) is 39.5 Å². The van der Waals surface area contributed by atoms with Crippen LogP contribution in [0.2, 0.25) is 0 Å². The van der Waals surface area contributed by atoms with Crippen LogP contribution in [0.3, 0.4) is 0 Å². The lowest BCUT2D eigenvalue weighted by molar-refractivity contribution is 0.200. The summed E-state index contributed by atoms with van der Waals surface area (Å²) in [7, 11) is 0. The van der Waals surface area contributed by atoms with Gasteiger partial charge in [-0.05, 0) is 34.5 Å². The maximum Gasteiger partial charge on any atom is 0.165 e. The van der Waals surface area contributed by atoms with Gasteiger partial charge in [-0.3, -0.25) is 0 Å². The molecule has 1 aromatic heterocycles. The van der Waals surface area contributed by atoms with E-state index in [-0.39, 0.29) is 6.10 Å². The summed E-state index contributed by atoms with van der Waals surface area (Å²) >= 11 is 0. The minimum Gasteiger partial charge on any atom is -0.488 e. The second-order valence-corrected chi connectivity index (χ2v) is 5.85. The van der Waals surface area contributed by atoms with Crippen LogP contribution in [0, 0.1) is 5.92 Å². The van der Waals surface area contributed by atoms with E-state index < -0.39 is 0 Å². The van der Waals surface area contributed by atoms with E-state index in [0.717, 1.165) is 24.5 Å². The number of fused-ring (bicyclic) bond motifs is 1. The van der Waals surface area contributed by atoms with E-state index in [1.54, 1.807) is 0 Å². The average molecular weight is 287 g/mol. The molecule has 3 rings (SSSR count). The maximum absolute atomic E-state index is 5.94. The maximum atomic E-state index is 5.94. The van der Waals surface area contributed by atoms with Gasteiger partial charge in [0.25, 0.3) is 0 Å². The van der Waals surface area contributed by atoms with Gasteiger partial charge in [-0.2, -0.15) is 0 Å². The topological polar surface area (TPSA) is 64.9 Å². The van der Waals surface area contributed by atoms with Crippen LogP contribution in [0.25, 0.3) is 0 Å². The Bertz CT molecular complexity index is 570. The molecule has 1 atom stereocenters. The fourth-order valence-electron chi connectivity index (χ4n) is 2.51. The van der Waals surface area contributed by atoms with Gasteiger partial charge in [0, 0.05) is 6.42 Å². The molecular weight excluding hydrogens is 266 g/mol. The number of nitrogens with one attached hydrogen (secondary N) is 1. The van der Waals surface area contributed by atoms with Crippen LogP contribution >= 0.6 is 0 Å². The number of aromatic nitrogens is 4. The van der Waals surface area contributed by atoms with E-state index >= 15 is 0 Å². The van der Waals surface area contributed by atoms with Gasteiger partial charge in [-0.15, -0.1) is 5.10 Å². The van der Waals surface area contributed by atoms with E-state index in [9.17, 15) is 0 Å². The third-order valence-electron chi connectivity index (χ3n) is 3.53. The van der Waals surface area contributed by atoms with Gasteiger partial charge in [0.2, 0.25) is 0 Å². The molecule has 1 unspecified atom stereocenters. The van der Waals surface area contributed by atoms with Gasteiger partial charge in [0.1, 0.15) is 11.9 Å². The third-order valence-corrected chi connectivity index (χ3v) is 3.53. The van der Waals surface area contributed by atoms with Crippen molar-refractivity contribution < 1.29 is 4.74 Å². The second kappa shape index (κ2) is 6.22. The summed E-state index contributed by atoms with van der Waals surface area (Å²) in [5, 5.41) is 15.3. The Balaban J connectivity index is 1.58. The molecule has 2 aromatic rings. The van der Waals surface area contributed by atoms with E-state index in [0.29, 0.717) is 19.0 Å². The minimum absolute atomic E-state index is 0.106. The molecule has 0 saturated carbocycles. The van der Waals surface area contributed by atoms with Crippen LogP contribution in [-0.2, 0) is 19.5 Å². The molecule has 1 aliphatic rings. The summed E-state index contributed by atoms with van der Waals surface area (Å²) in [4.78, 5) is 0. The fraction of sp³-hybridized carbons (Fsp3) is 0.533. The first-order valence-electron chi connectivity index (χ1n) is 7.42. The van der Waals surface area contributed by atoms with Crippen molar-refractivity contribution >= 4 is 0 Å². The Morgan fingerprint density at radius 3 is 3.05 bits per heavy atom. The lowest BCUT2D eigenvalue weighted by Crippen LogP contribution is -2.26. The molecule has 2 heterocycles. The first kappa shape index (κ1) is 14.0. The largest absolute Gasteiger partial charge is 0.488 e. The van der Waals surface area contributed by atoms with E-state index in [4.69, 9.17) is 4.74 Å². The molecule has 21 heavy (non-hydrogen) atoms. The number of hydrogen-bond donors (Lipinski definition) is 1. The molecule has 0 fully saturated rings. The quantitative estimate of drug-likeness (QED) is 0.870. The monoisotopic (exact) mass is 287 g/mol. The van der Waals surface area contributed by atoms with Crippen LogP contribution in [-0.4, -0.2) is 32.9 Å². The number of nitrogens with zero attached hydrogens (tertiary/aromatic N) is 4. The summed E-state index contributed by atoms with van der Waals surface area (Å²) in [6.45, 7) is 6.68. The van der Waals surface area contributed by atoms with E-state index in [1.165, 1.54) is 5.56 Å². The number of rotatable bonds is 6. The van der Waals surface area contributed by atoms with E-state index in [1.807, 2.05) is 22.9 Å². The van der Waals surface area contributed by atoms with Crippen LogP contribution in [0.4, 0.5) is 0 Å². The van der Waals surface area contributed by atoms with Crippen LogP contribution < -0.4 is 10.1 Å².